The van der Waals surface area contributed by atoms with Crippen molar-refractivity contribution in [2.45, 2.75) is 52.0 Å². The second kappa shape index (κ2) is 7.62. The SMILES string of the molecule is CC(N)CCCC(C)C(=O)CCc1ccsc1. The Morgan fingerprint density at radius 1 is 1.41 bits per heavy atom. The summed E-state index contributed by atoms with van der Waals surface area (Å²) in [5, 5.41) is 4.18. The Morgan fingerprint density at radius 2 is 2.18 bits per heavy atom. The molecule has 0 aliphatic carbocycles. The van der Waals surface area contributed by atoms with Crippen LogP contribution in [0, 0.1) is 5.92 Å². The normalized spacial score (nSPS) is 14.5. The molecule has 0 saturated carbocycles. The van der Waals surface area contributed by atoms with Crippen LogP contribution in [-0.4, -0.2) is 11.8 Å². The number of nitrogens with two attached hydrogens (primary N) is 1. The third-order valence-electron chi connectivity index (χ3n) is 3.09. The summed E-state index contributed by atoms with van der Waals surface area (Å²) in [5.41, 5.74) is 6.98. The Bertz CT molecular complexity index is 319. The van der Waals surface area contributed by atoms with E-state index in [0.717, 1.165) is 25.7 Å². The summed E-state index contributed by atoms with van der Waals surface area (Å²) in [6.45, 7) is 4.06. The van der Waals surface area contributed by atoms with E-state index in [9.17, 15) is 4.79 Å². The van der Waals surface area contributed by atoms with Crippen LogP contribution in [0.3, 0.4) is 0 Å². The molecule has 2 unspecified atom stereocenters. The summed E-state index contributed by atoms with van der Waals surface area (Å²) in [7, 11) is 0. The molecular weight excluding hydrogens is 230 g/mol. The van der Waals surface area contributed by atoms with Gasteiger partial charge in [-0.3, -0.25) is 4.79 Å². The van der Waals surface area contributed by atoms with E-state index in [1.807, 2.05) is 13.8 Å². The number of hydrogen-bond acceptors (Lipinski definition) is 3. The van der Waals surface area contributed by atoms with Crippen LogP contribution in [0.1, 0.15) is 45.1 Å². The Hall–Kier alpha value is -0.670. The molecule has 1 aromatic heterocycles. The van der Waals surface area contributed by atoms with Crippen molar-refractivity contribution in [3.63, 3.8) is 0 Å². The predicted molar refractivity (Wildman–Crippen MR) is 74.3 cm³/mol. The number of hydrogen-bond donors (Lipinski definition) is 1. The highest BCUT2D eigenvalue weighted by atomic mass is 32.1. The van der Waals surface area contributed by atoms with Gasteiger partial charge >= 0.3 is 0 Å². The molecule has 0 fully saturated rings. The van der Waals surface area contributed by atoms with Gasteiger partial charge in [0.2, 0.25) is 0 Å². The van der Waals surface area contributed by atoms with Crippen LogP contribution in [0.5, 0.6) is 0 Å². The van der Waals surface area contributed by atoms with Gasteiger partial charge in [0.05, 0.1) is 0 Å². The number of rotatable bonds is 8. The highest BCUT2D eigenvalue weighted by Gasteiger charge is 2.12. The molecule has 1 aromatic rings. The van der Waals surface area contributed by atoms with Crippen LogP contribution < -0.4 is 5.73 Å². The molecule has 2 atom stereocenters. The van der Waals surface area contributed by atoms with Gasteiger partial charge in [-0.25, -0.2) is 0 Å². The lowest BCUT2D eigenvalue weighted by Crippen LogP contribution is -2.16. The van der Waals surface area contributed by atoms with Crippen LogP contribution >= 0.6 is 11.3 Å². The molecule has 0 aromatic carbocycles. The van der Waals surface area contributed by atoms with Crippen LogP contribution in [-0.2, 0) is 11.2 Å². The Balaban J connectivity index is 2.18. The fourth-order valence-corrected chi connectivity index (χ4v) is 2.56. The lowest BCUT2D eigenvalue weighted by Gasteiger charge is -2.11. The van der Waals surface area contributed by atoms with Gasteiger partial charge in [0.15, 0.2) is 0 Å². The maximum absolute atomic E-state index is 11.9. The summed E-state index contributed by atoms with van der Waals surface area (Å²) in [5.74, 6) is 0.577. The first-order valence-corrected chi connectivity index (χ1v) is 7.33. The Labute approximate surface area is 108 Å². The van der Waals surface area contributed by atoms with Gasteiger partial charge in [-0.2, -0.15) is 11.3 Å². The summed E-state index contributed by atoms with van der Waals surface area (Å²) >= 11 is 1.69. The highest BCUT2D eigenvalue weighted by Crippen LogP contribution is 2.15. The lowest BCUT2D eigenvalue weighted by atomic mass is 9.94. The third kappa shape index (κ3) is 5.99. The number of thiophene rings is 1. The molecule has 0 aliphatic heterocycles. The number of aryl methyl sites for hydroxylation is 1. The first-order valence-electron chi connectivity index (χ1n) is 6.39. The molecule has 1 rings (SSSR count). The first kappa shape index (κ1) is 14.4. The van der Waals surface area contributed by atoms with Crippen molar-refractivity contribution >= 4 is 17.1 Å². The summed E-state index contributed by atoms with van der Waals surface area (Å²) in [6.07, 6.45) is 4.62. The van der Waals surface area contributed by atoms with Crippen molar-refractivity contribution < 1.29 is 4.79 Å². The molecule has 2 N–H and O–H groups in total. The minimum Gasteiger partial charge on any atom is -0.328 e. The summed E-state index contributed by atoms with van der Waals surface area (Å²) in [6, 6.07) is 2.35. The topological polar surface area (TPSA) is 43.1 Å². The molecule has 0 radical (unpaired) electrons. The van der Waals surface area contributed by atoms with Crippen LogP contribution in [0.4, 0.5) is 0 Å². The highest BCUT2D eigenvalue weighted by molar-refractivity contribution is 7.07. The van der Waals surface area contributed by atoms with Crippen molar-refractivity contribution in [1.29, 1.82) is 0 Å². The van der Waals surface area contributed by atoms with E-state index in [1.165, 1.54) is 5.56 Å². The molecule has 0 bridgehead atoms. The van der Waals surface area contributed by atoms with Gasteiger partial charge in [-0.05, 0) is 48.6 Å². The number of ketones is 1. The monoisotopic (exact) mass is 253 g/mol. The van der Waals surface area contributed by atoms with E-state index < -0.39 is 0 Å². The Morgan fingerprint density at radius 3 is 2.76 bits per heavy atom. The second-order valence-corrected chi connectivity index (χ2v) is 5.69. The molecular formula is C14H23NOS. The zero-order valence-corrected chi connectivity index (χ0v) is 11.6. The fraction of sp³-hybridized carbons (Fsp3) is 0.643. The molecule has 2 nitrogen and oxygen atoms in total. The fourth-order valence-electron chi connectivity index (χ4n) is 1.86. The molecule has 17 heavy (non-hydrogen) atoms. The summed E-state index contributed by atoms with van der Waals surface area (Å²) < 4.78 is 0. The number of carbonyl (C=O) groups excluding carboxylic acids is 1. The van der Waals surface area contributed by atoms with Crippen molar-refractivity contribution in [3.05, 3.63) is 22.4 Å². The first-order chi connectivity index (χ1) is 8.09. The molecule has 96 valence electrons. The van der Waals surface area contributed by atoms with E-state index in [2.05, 4.69) is 16.8 Å². The average Bonchev–Trinajstić information content (AvgIpc) is 2.78. The Kier molecular flexibility index (Phi) is 6.45. The minimum absolute atomic E-state index is 0.187. The number of carbonyl (C=O) groups is 1. The minimum atomic E-state index is 0.187. The predicted octanol–water partition coefficient (Wildman–Crippen LogP) is 3.40. The third-order valence-corrected chi connectivity index (χ3v) is 3.82. The van der Waals surface area contributed by atoms with Gasteiger partial charge in [0.25, 0.3) is 0 Å². The molecule has 1 heterocycles. The van der Waals surface area contributed by atoms with Gasteiger partial charge in [0, 0.05) is 18.4 Å². The zero-order valence-electron chi connectivity index (χ0n) is 10.8. The van der Waals surface area contributed by atoms with Crippen LogP contribution in [0.25, 0.3) is 0 Å². The van der Waals surface area contributed by atoms with Gasteiger partial charge in [-0.1, -0.05) is 13.3 Å². The van der Waals surface area contributed by atoms with Crippen molar-refractivity contribution in [2.75, 3.05) is 0 Å². The zero-order chi connectivity index (χ0) is 12.7. The van der Waals surface area contributed by atoms with Crippen LogP contribution in [0.15, 0.2) is 16.8 Å². The second-order valence-electron chi connectivity index (χ2n) is 4.91. The van der Waals surface area contributed by atoms with E-state index >= 15 is 0 Å². The maximum Gasteiger partial charge on any atom is 0.136 e. The lowest BCUT2D eigenvalue weighted by molar-refractivity contribution is -0.122. The molecule has 3 heteroatoms. The van der Waals surface area contributed by atoms with Gasteiger partial charge in [-0.15, -0.1) is 0 Å². The quantitative estimate of drug-likeness (QED) is 0.771. The number of Topliss-reactive ketones (excluding diaryl/α,β-unsaturated/α-hetero) is 1. The van der Waals surface area contributed by atoms with E-state index in [1.54, 1.807) is 11.3 Å². The van der Waals surface area contributed by atoms with Gasteiger partial charge < -0.3 is 5.73 Å². The standard InChI is InChI=1S/C14H23NOS/c1-11(4-3-5-12(2)15)14(16)7-6-13-8-9-17-10-13/h8-12H,3-7,15H2,1-2H3. The maximum atomic E-state index is 11.9. The summed E-state index contributed by atoms with van der Waals surface area (Å²) in [4.78, 5) is 11.9. The van der Waals surface area contributed by atoms with E-state index in [-0.39, 0.29) is 12.0 Å². The smallest absolute Gasteiger partial charge is 0.136 e. The molecule has 0 aliphatic rings. The molecule has 0 spiro atoms. The van der Waals surface area contributed by atoms with Crippen molar-refractivity contribution in [1.82, 2.24) is 0 Å². The van der Waals surface area contributed by atoms with E-state index in [0.29, 0.717) is 12.2 Å². The largest absolute Gasteiger partial charge is 0.328 e. The average molecular weight is 253 g/mol. The van der Waals surface area contributed by atoms with Crippen LogP contribution in [0.2, 0.25) is 0 Å². The van der Waals surface area contributed by atoms with Crippen molar-refractivity contribution in [3.8, 4) is 0 Å². The van der Waals surface area contributed by atoms with Crippen molar-refractivity contribution in [2.24, 2.45) is 11.7 Å². The van der Waals surface area contributed by atoms with Gasteiger partial charge in [0.1, 0.15) is 5.78 Å². The van der Waals surface area contributed by atoms with E-state index in [4.69, 9.17) is 5.73 Å². The molecule has 0 amide bonds. The molecule has 0 saturated heterocycles.